The maximum Gasteiger partial charge on any atom is 0.229 e. The van der Waals surface area contributed by atoms with Gasteiger partial charge in [0.15, 0.2) is 0 Å². The van der Waals surface area contributed by atoms with Crippen LogP contribution in [0.3, 0.4) is 0 Å². The number of methoxy groups -OCH3 is 1. The van der Waals surface area contributed by atoms with Crippen LogP contribution in [0.4, 0.5) is 5.69 Å². The van der Waals surface area contributed by atoms with Crippen LogP contribution in [0, 0.1) is 5.92 Å². The van der Waals surface area contributed by atoms with Gasteiger partial charge in [0, 0.05) is 42.8 Å². The van der Waals surface area contributed by atoms with Crippen molar-refractivity contribution in [2.24, 2.45) is 5.92 Å². The first-order valence-corrected chi connectivity index (χ1v) is 10.6. The molecule has 5 nitrogen and oxygen atoms in total. The molecular formula is C24H33Cl2N3O2. The summed E-state index contributed by atoms with van der Waals surface area (Å²) in [7, 11) is 3.60. The molecule has 0 spiro atoms. The fourth-order valence-corrected chi connectivity index (χ4v) is 4.68. The van der Waals surface area contributed by atoms with Gasteiger partial charge in [-0.3, -0.25) is 4.79 Å². The first-order chi connectivity index (χ1) is 14.1. The maximum absolute atomic E-state index is 12.4. The van der Waals surface area contributed by atoms with Crippen LogP contribution in [0.1, 0.15) is 42.5 Å². The predicted octanol–water partition coefficient (Wildman–Crippen LogP) is 4.28. The van der Waals surface area contributed by atoms with Gasteiger partial charge in [0.2, 0.25) is 5.91 Å². The number of hydrogen-bond donors (Lipinski definition) is 2. The first kappa shape index (κ1) is 25.5. The van der Waals surface area contributed by atoms with Gasteiger partial charge in [-0.05, 0) is 49.1 Å². The molecule has 170 valence electrons. The quantitative estimate of drug-likeness (QED) is 0.691. The third-order valence-electron chi connectivity index (χ3n) is 6.29. The molecule has 7 heteroatoms. The summed E-state index contributed by atoms with van der Waals surface area (Å²) in [6.45, 7) is 3.75. The molecule has 3 atom stereocenters. The lowest BCUT2D eigenvalue weighted by Crippen LogP contribution is -2.45. The number of carbonyl (C=O) groups excluding carboxylic acids is 1. The molecule has 0 aromatic heterocycles. The Balaban J connectivity index is 0.00000171. The number of piperidine rings is 1. The van der Waals surface area contributed by atoms with Crippen LogP contribution in [0.15, 0.2) is 42.5 Å². The summed E-state index contributed by atoms with van der Waals surface area (Å²) < 4.78 is 5.70. The van der Waals surface area contributed by atoms with E-state index in [4.69, 9.17) is 4.74 Å². The van der Waals surface area contributed by atoms with Crippen molar-refractivity contribution in [3.8, 4) is 5.75 Å². The van der Waals surface area contributed by atoms with Crippen molar-refractivity contribution in [1.29, 1.82) is 0 Å². The van der Waals surface area contributed by atoms with Crippen LogP contribution < -0.4 is 20.3 Å². The van der Waals surface area contributed by atoms with Gasteiger partial charge in [0.1, 0.15) is 5.75 Å². The molecule has 0 bridgehead atoms. The Labute approximate surface area is 197 Å². The number of nitrogens with zero attached hydrogens (tertiary/aromatic N) is 1. The van der Waals surface area contributed by atoms with Gasteiger partial charge in [-0.25, -0.2) is 0 Å². The smallest absolute Gasteiger partial charge is 0.229 e. The summed E-state index contributed by atoms with van der Waals surface area (Å²) in [5.41, 5.74) is 4.60. The molecule has 2 aromatic carbocycles. The molecule has 31 heavy (non-hydrogen) atoms. The molecule has 0 saturated carbocycles. The van der Waals surface area contributed by atoms with Crippen molar-refractivity contribution in [2.45, 2.75) is 44.8 Å². The zero-order valence-corrected chi connectivity index (χ0v) is 20.0. The molecule has 1 unspecified atom stereocenters. The summed E-state index contributed by atoms with van der Waals surface area (Å²) in [5.74, 6) is 1.09. The number of halogens is 2. The van der Waals surface area contributed by atoms with Gasteiger partial charge in [-0.15, -0.1) is 24.8 Å². The lowest BCUT2D eigenvalue weighted by molar-refractivity contribution is -0.121. The van der Waals surface area contributed by atoms with E-state index in [1.807, 2.05) is 14.0 Å². The van der Waals surface area contributed by atoms with E-state index in [-0.39, 0.29) is 36.6 Å². The first-order valence-electron chi connectivity index (χ1n) is 10.6. The summed E-state index contributed by atoms with van der Waals surface area (Å²) in [4.78, 5) is 14.2. The van der Waals surface area contributed by atoms with E-state index in [1.54, 1.807) is 12.0 Å². The van der Waals surface area contributed by atoms with Crippen molar-refractivity contribution in [3.05, 3.63) is 59.2 Å². The zero-order chi connectivity index (χ0) is 20.4. The molecule has 1 amide bonds. The van der Waals surface area contributed by atoms with Crippen LogP contribution in [-0.2, 0) is 17.8 Å². The van der Waals surface area contributed by atoms with Crippen LogP contribution in [0.2, 0.25) is 0 Å². The number of amides is 1. The van der Waals surface area contributed by atoms with E-state index in [0.29, 0.717) is 18.6 Å². The number of benzene rings is 2. The Kier molecular flexibility index (Phi) is 9.19. The molecule has 2 aliphatic heterocycles. The largest absolute Gasteiger partial charge is 0.496 e. The van der Waals surface area contributed by atoms with Gasteiger partial charge in [0.25, 0.3) is 0 Å². The Morgan fingerprint density at radius 1 is 1.19 bits per heavy atom. The second kappa shape index (κ2) is 11.2. The SMILES string of the molecule is COc1cc2c(cc1CN[C@H]1CCCN[C@H]1c1ccccc1)N(C)C(=O)C(C)C2.Cl.Cl. The Morgan fingerprint density at radius 3 is 2.65 bits per heavy atom. The third-order valence-corrected chi connectivity index (χ3v) is 6.29. The summed E-state index contributed by atoms with van der Waals surface area (Å²) in [5, 5.41) is 7.43. The van der Waals surface area contributed by atoms with E-state index in [0.717, 1.165) is 42.8 Å². The molecule has 2 aliphatic rings. The Morgan fingerprint density at radius 2 is 1.94 bits per heavy atom. The number of carbonyl (C=O) groups is 1. The highest BCUT2D eigenvalue weighted by molar-refractivity contribution is 5.97. The molecule has 1 saturated heterocycles. The van der Waals surface area contributed by atoms with Crippen molar-refractivity contribution in [3.63, 3.8) is 0 Å². The highest BCUT2D eigenvalue weighted by atomic mass is 35.5. The second-order valence-electron chi connectivity index (χ2n) is 8.27. The molecule has 0 aliphatic carbocycles. The van der Waals surface area contributed by atoms with E-state index in [1.165, 1.54) is 11.1 Å². The molecule has 2 heterocycles. The van der Waals surface area contributed by atoms with Gasteiger partial charge < -0.3 is 20.3 Å². The lowest BCUT2D eigenvalue weighted by Gasteiger charge is -2.34. The highest BCUT2D eigenvalue weighted by Crippen LogP contribution is 2.35. The van der Waals surface area contributed by atoms with Crippen LogP contribution in [0.25, 0.3) is 0 Å². The zero-order valence-electron chi connectivity index (χ0n) is 18.4. The summed E-state index contributed by atoms with van der Waals surface area (Å²) in [6, 6.07) is 15.5. The van der Waals surface area contributed by atoms with Crippen LogP contribution in [-0.4, -0.2) is 32.7 Å². The Hall–Kier alpha value is -1.79. The molecule has 1 fully saturated rings. The molecule has 0 radical (unpaired) electrons. The fourth-order valence-electron chi connectivity index (χ4n) is 4.68. The van der Waals surface area contributed by atoms with Gasteiger partial charge in [-0.2, -0.15) is 0 Å². The lowest BCUT2D eigenvalue weighted by atomic mass is 9.91. The summed E-state index contributed by atoms with van der Waals surface area (Å²) in [6.07, 6.45) is 3.07. The van der Waals surface area contributed by atoms with Crippen molar-refractivity contribution >= 4 is 36.4 Å². The standard InChI is InChI=1S/C24H31N3O2.2ClH/c1-16-12-18-14-22(29-3)19(13-21(18)27(2)24(16)28)15-26-20-10-7-11-25-23(20)17-8-5-4-6-9-17;;/h4-6,8-9,13-14,16,20,23,25-26H,7,10-12,15H2,1-3H3;2*1H/t16?,20-,23-;;/m0../s1. The maximum atomic E-state index is 12.4. The van der Waals surface area contributed by atoms with Crippen LogP contribution >= 0.6 is 24.8 Å². The number of fused-ring (bicyclic) bond motifs is 1. The van der Waals surface area contributed by atoms with Crippen molar-refractivity contribution < 1.29 is 9.53 Å². The van der Waals surface area contributed by atoms with Gasteiger partial charge >= 0.3 is 0 Å². The fraction of sp³-hybridized carbons (Fsp3) is 0.458. The van der Waals surface area contributed by atoms with Crippen LogP contribution in [0.5, 0.6) is 5.75 Å². The molecule has 2 aromatic rings. The predicted molar refractivity (Wildman–Crippen MR) is 131 cm³/mol. The van der Waals surface area contributed by atoms with Gasteiger partial charge in [0.05, 0.1) is 7.11 Å². The minimum atomic E-state index is 0. The number of nitrogens with one attached hydrogen (secondary N) is 2. The number of rotatable bonds is 5. The number of hydrogen-bond acceptors (Lipinski definition) is 4. The van der Waals surface area contributed by atoms with Crippen molar-refractivity contribution in [2.75, 3.05) is 25.6 Å². The average molecular weight is 466 g/mol. The van der Waals surface area contributed by atoms with E-state index >= 15 is 0 Å². The van der Waals surface area contributed by atoms with Crippen molar-refractivity contribution in [1.82, 2.24) is 10.6 Å². The third kappa shape index (κ3) is 5.35. The minimum Gasteiger partial charge on any atom is -0.496 e. The Bertz CT molecular complexity index is 879. The molecular weight excluding hydrogens is 433 g/mol. The normalized spacial score (nSPS) is 22.7. The van der Waals surface area contributed by atoms with E-state index in [2.05, 4.69) is 53.1 Å². The number of anilines is 1. The number of ether oxygens (including phenoxy) is 1. The van der Waals surface area contributed by atoms with E-state index in [9.17, 15) is 4.79 Å². The molecule has 2 N–H and O–H groups in total. The topological polar surface area (TPSA) is 53.6 Å². The van der Waals surface area contributed by atoms with Gasteiger partial charge in [-0.1, -0.05) is 37.3 Å². The highest BCUT2D eigenvalue weighted by Gasteiger charge is 2.29. The van der Waals surface area contributed by atoms with E-state index < -0.39 is 0 Å². The molecule has 4 rings (SSSR count). The average Bonchev–Trinajstić information content (AvgIpc) is 2.76. The minimum absolute atomic E-state index is 0. The monoisotopic (exact) mass is 465 g/mol. The second-order valence-corrected chi connectivity index (χ2v) is 8.27. The summed E-state index contributed by atoms with van der Waals surface area (Å²) >= 11 is 0.